The van der Waals surface area contributed by atoms with Crippen LogP contribution in [0, 0.1) is 0 Å². The summed E-state index contributed by atoms with van der Waals surface area (Å²) in [5, 5.41) is 10.5. The highest BCUT2D eigenvalue weighted by Gasteiger charge is 2.12. The predicted octanol–water partition coefficient (Wildman–Crippen LogP) is 8.00. The maximum atomic E-state index is 3.65. The number of nitrogens with one attached hydrogen (secondary N) is 1. The van der Waals surface area contributed by atoms with Crippen molar-refractivity contribution >= 4 is 74.9 Å². The standard InChI is InChI=1S/C26H15NS/c1-2-7-17-12-23-20(11-16(17)6-1)21-13-22-19-10-9-15-5-3-4-8-18(15)26(19)28-25(22)14-24(21)27-23/h1-14,27H. The maximum absolute atomic E-state index is 3.65. The molecule has 1 N–H and O–H groups in total. The van der Waals surface area contributed by atoms with Crippen molar-refractivity contribution < 1.29 is 0 Å². The van der Waals surface area contributed by atoms with E-state index >= 15 is 0 Å². The van der Waals surface area contributed by atoms with Crippen LogP contribution in [0.4, 0.5) is 0 Å². The molecule has 2 heterocycles. The Hall–Kier alpha value is -3.36. The Morgan fingerprint density at radius 2 is 1.21 bits per heavy atom. The molecule has 0 saturated heterocycles. The molecule has 0 radical (unpaired) electrons. The van der Waals surface area contributed by atoms with Crippen LogP contribution in [0.15, 0.2) is 84.9 Å². The normalized spacial score (nSPS) is 12.3. The molecule has 2 heteroatoms. The van der Waals surface area contributed by atoms with Gasteiger partial charge in [0, 0.05) is 42.0 Å². The van der Waals surface area contributed by atoms with Gasteiger partial charge in [-0.15, -0.1) is 11.3 Å². The minimum absolute atomic E-state index is 1.21. The third-order valence-corrected chi connectivity index (χ3v) is 7.15. The summed E-state index contributed by atoms with van der Waals surface area (Å²) in [6.07, 6.45) is 0. The van der Waals surface area contributed by atoms with E-state index in [2.05, 4.69) is 89.9 Å². The number of H-pyrrole nitrogens is 1. The molecule has 0 aliphatic heterocycles. The van der Waals surface area contributed by atoms with E-state index in [1.54, 1.807) is 0 Å². The molecule has 0 fully saturated rings. The first-order chi connectivity index (χ1) is 13.8. The fourth-order valence-electron chi connectivity index (χ4n) is 4.59. The van der Waals surface area contributed by atoms with E-state index in [-0.39, 0.29) is 0 Å². The number of aromatic amines is 1. The number of benzene rings is 5. The lowest BCUT2D eigenvalue weighted by molar-refractivity contribution is 1.57. The van der Waals surface area contributed by atoms with Crippen molar-refractivity contribution in [1.82, 2.24) is 4.98 Å². The van der Waals surface area contributed by atoms with Crippen LogP contribution < -0.4 is 0 Å². The van der Waals surface area contributed by atoms with Gasteiger partial charge in [-0.1, -0.05) is 60.7 Å². The average molecular weight is 373 g/mol. The second-order valence-electron chi connectivity index (χ2n) is 7.53. The zero-order chi connectivity index (χ0) is 18.2. The second kappa shape index (κ2) is 5.12. The number of aromatic nitrogens is 1. The van der Waals surface area contributed by atoms with Gasteiger partial charge in [-0.25, -0.2) is 0 Å². The summed E-state index contributed by atoms with van der Waals surface area (Å²) in [5.74, 6) is 0. The highest BCUT2D eigenvalue weighted by molar-refractivity contribution is 7.26. The van der Waals surface area contributed by atoms with Crippen LogP contribution in [-0.2, 0) is 0 Å². The van der Waals surface area contributed by atoms with Crippen molar-refractivity contribution in [2.45, 2.75) is 0 Å². The van der Waals surface area contributed by atoms with E-state index in [4.69, 9.17) is 0 Å². The van der Waals surface area contributed by atoms with Gasteiger partial charge in [-0.3, -0.25) is 0 Å². The van der Waals surface area contributed by atoms with Gasteiger partial charge in [0.15, 0.2) is 0 Å². The predicted molar refractivity (Wildman–Crippen MR) is 124 cm³/mol. The number of rotatable bonds is 0. The first-order valence-corrected chi connectivity index (χ1v) is 10.3. The van der Waals surface area contributed by atoms with Gasteiger partial charge in [-0.05, 0) is 45.8 Å². The van der Waals surface area contributed by atoms with Crippen molar-refractivity contribution in [1.29, 1.82) is 0 Å². The Kier molecular flexibility index (Phi) is 2.68. The van der Waals surface area contributed by atoms with E-state index in [1.165, 1.54) is 63.5 Å². The van der Waals surface area contributed by atoms with Crippen LogP contribution >= 0.6 is 11.3 Å². The molecule has 130 valence electrons. The molecule has 1 nitrogen and oxygen atoms in total. The van der Waals surface area contributed by atoms with Gasteiger partial charge in [0.05, 0.1) is 0 Å². The molecule has 7 aromatic rings. The lowest BCUT2D eigenvalue weighted by Crippen LogP contribution is -1.73. The molecule has 0 aliphatic carbocycles. The zero-order valence-electron chi connectivity index (χ0n) is 15.0. The molecule has 0 amide bonds. The van der Waals surface area contributed by atoms with Crippen LogP contribution in [0.2, 0.25) is 0 Å². The lowest BCUT2D eigenvalue weighted by atomic mass is 10.0. The van der Waals surface area contributed by atoms with E-state index in [0.29, 0.717) is 0 Å². The molecule has 0 unspecified atom stereocenters. The Morgan fingerprint density at radius 3 is 2.11 bits per heavy atom. The van der Waals surface area contributed by atoms with Crippen LogP contribution in [0.1, 0.15) is 0 Å². The van der Waals surface area contributed by atoms with E-state index in [1.807, 2.05) is 11.3 Å². The highest BCUT2D eigenvalue weighted by atomic mass is 32.1. The minimum atomic E-state index is 1.21. The summed E-state index contributed by atoms with van der Waals surface area (Å²) in [7, 11) is 0. The minimum Gasteiger partial charge on any atom is -0.354 e. The van der Waals surface area contributed by atoms with Crippen LogP contribution in [0.5, 0.6) is 0 Å². The first kappa shape index (κ1) is 14.7. The van der Waals surface area contributed by atoms with Crippen molar-refractivity contribution in [3.63, 3.8) is 0 Å². The van der Waals surface area contributed by atoms with E-state index in [9.17, 15) is 0 Å². The number of hydrogen-bond donors (Lipinski definition) is 1. The molecule has 0 atom stereocenters. The van der Waals surface area contributed by atoms with Crippen LogP contribution in [0.3, 0.4) is 0 Å². The number of hydrogen-bond acceptors (Lipinski definition) is 1. The summed E-state index contributed by atoms with van der Waals surface area (Å²) in [6, 6.07) is 31.1. The Labute approximate surface area is 164 Å². The SMILES string of the molecule is c1ccc2cc3c(cc2c1)[nH]c1cc2sc4c5ccccc5ccc4c2cc13. The van der Waals surface area contributed by atoms with Gasteiger partial charge in [0.2, 0.25) is 0 Å². The van der Waals surface area contributed by atoms with Gasteiger partial charge in [-0.2, -0.15) is 0 Å². The Morgan fingerprint density at radius 1 is 0.500 bits per heavy atom. The zero-order valence-corrected chi connectivity index (χ0v) is 15.8. The van der Waals surface area contributed by atoms with Crippen molar-refractivity contribution in [3.05, 3.63) is 84.9 Å². The first-order valence-electron chi connectivity index (χ1n) is 9.53. The van der Waals surface area contributed by atoms with Crippen molar-refractivity contribution in [2.75, 3.05) is 0 Å². The quantitative estimate of drug-likeness (QED) is 0.277. The molecule has 0 saturated carbocycles. The van der Waals surface area contributed by atoms with Gasteiger partial charge < -0.3 is 4.98 Å². The van der Waals surface area contributed by atoms with Gasteiger partial charge in [0.25, 0.3) is 0 Å². The van der Waals surface area contributed by atoms with Crippen molar-refractivity contribution in [2.24, 2.45) is 0 Å². The maximum Gasteiger partial charge on any atom is 0.0479 e. The van der Waals surface area contributed by atoms with Crippen LogP contribution in [0.25, 0.3) is 63.5 Å². The molecule has 2 aromatic heterocycles. The van der Waals surface area contributed by atoms with Gasteiger partial charge in [0.1, 0.15) is 0 Å². The molecular formula is C26H15NS. The Balaban J connectivity index is 1.65. The molecule has 28 heavy (non-hydrogen) atoms. The summed E-state index contributed by atoms with van der Waals surface area (Å²) < 4.78 is 2.73. The lowest BCUT2D eigenvalue weighted by Gasteiger charge is -1.99. The fraction of sp³-hybridized carbons (Fsp3) is 0. The topological polar surface area (TPSA) is 15.8 Å². The number of thiophene rings is 1. The molecule has 5 aromatic carbocycles. The number of fused-ring (bicyclic) bond motifs is 9. The van der Waals surface area contributed by atoms with Crippen LogP contribution in [-0.4, -0.2) is 4.98 Å². The second-order valence-corrected chi connectivity index (χ2v) is 8.58. The van der Waals surface area contributed by atoms with E-state index in [0.717, 1.165) is 0 Å². The monoisotopic (exact) mass is 373 g/mol. The molecular weight excluding hydrogens is 358 g/mol. The molecule has 7 rings (SSSR count). The third-order valence-electron chi connectivity index (χ3n) is 5.95. The van der Waals surface area contributed by atoms with E-state index < -0.39 is 0 Å². The largest absolute Gasteiger partial charge is 0.354 e. The third kappa shape index (κ3) is 1.85. The van der Waals surface area contributed by atoms with Gasteiger partial charge >= 0.3 is 0 Å². The smallest absolute Gasteiger partial charge is 0.0479 e. The fourth-order valence-corrected chi connectivity index (χ4v) is 5.85. The molecule has 0 spiro atoms. The average Bonchev–Trinajstić information content (AvgIpc) is 3.27. The summed E-state index contributed by atoms with van der Waals surface area (Å²) in [5.41, 5.74) is 2.43. The molecule has 0 aliphatic rings. The summed E-state index contributed by atoms with van der Waals surface area (Å²) in [4.78, 5) is 3.65. The summed E-state index contributed by atoms with van der Waals surface area (Å²) >= 11 is 1.90. The van der Waals surface area contributed by atoms with Crippen molar-refractivity contribution in [3.8, 4) is 0 Å². The Bertz CT molecular complexity index is 1700. The highest BCUT2D eigenvalue weighted by Crippen LogP contribution is 2.41. The molecule has 0 bridgehead atoms. The summed E-state index contributed by atoms with van der Waals surface area (Å²) in [6.45, 7) is 0.